The van der Waals surface area contributed by atoms with E-state index in [1.54, 1.807) is 0 Å². The van der Waals surface area contributed by atoms with Crippen LogP contribution in [-0.2, 0) is 16.1 Å². The fourth-order valence-corrected chi connectivity index (χ4v) is 2.07. The number of benzene rings is 1. The highest BCUT2D eigenvalue weighted by Crippen LogP contribution is 2.31. The summed E-state index contributed by atoms with van der Waals surface area (Å²) in [4.78, 5) is 11.5. The van der Waals surface area contributed by atoms with Crippen molar-refractivity contribution in [2.45, 2.75) is 38.4 Å². The highest BCUT2D eigenvalue weighted by Gasteiger charge is 2.27. The lowest BCUT2D eigenvalue weighted by molar-refractivity contribution is -0.145. The first-order valence-corrected chi connectivity index (χ1v) is 6.11. The molecule has 0 aliphatic heterocycles. The molecule has 1 aliphatic rings. The van der Waals surface area contributed by atoms with Crippen LogP contribution in [0.15, 0.2) is 30.3 Å². The third-order valence-electron chi connectivity index (χ3n) is 3.21. The minimum Gasteiger partial charge on any atom is -0.461 e. The summed E-state index contributed by atoms with van der Waals surface area (Å²) in [6, 6.07) is 9.68. The van der Waals surface area contributed by atoms with Crippen molar-refractivity contribution in [3.8, 4) is 0 Å². The Labute approximate surface area is 101 Å². The average molecular weight is 234 g/mol. The molecule has 17 heavy (non-hydrogen) atoms. The molecule has 92 valence electrons. The molecule has 0 atom stereocenters. The number of esters is 1. The third-order valence-corrected chi connectivity index (χ3v) is 3.21. The van der Waals surface area contributed by atoms with Gasteiger partial charge in [0.2, 0.25) is 0 Å². The molecule has 1 saturated carbocycles. The van der Waals surface area contributed by atoms with Crippen molar-refractivity contribution in [2.75, 3.05) is 0 Å². The maximum atomic E-state index is 11.5. The predicted octanol–water partition coefficient (Wildman–Crippen LogP) is 2.28. The smallest absolute Gasteiger partial charge is 0.306 e. The number of hydrogen-bond acceptors (Lipinski definition) is 3. The number of carbonyl (C=O) groups excluding carboxylic acids is 1. The average Bonchev–Trinajstić information content (AvgIpc) is 2.32. The predicted molar refractivity (Wildman–Crippen MR) is 64.2 cm³/mol. The Kier molecular flexibility index (Phi) is 4.15. The molecule has 1 fully saturated rings. The van der Waals surface area contributed by atoms with Gasteiger partial charge in [0.15, 0.2) is 0 Å². The van der Waals surface area contributed by atoms with Crippen LogP contribution in [0.4, 0.5) is 0 Å². The molecule has 3 heteroatoms. The van der Waals surface area contributed by atoms with Gasteiger partial charge in [-0.25, -0.2) is 0 Å². The van der Waals surface area contributed by atoms with Crippen LogP contribution in [0.25, 0.3) is 0 Å². The Bertz CT molecular complexity index is 355. The summed E-state index contributed by atoms with van der Waals surface area (Å²) in [5.41, 5.74) is 1.01. The first-order chi connectivity index (χ1) is 8.24. The van der Waals surface area contributed by atoms with Crippen molar-refractivity contribution in [1.29, 1.82) is 0 Å². The standard InChI is InChI=1S/C14H18O3/c15-13-8-12(9-13)6-7-14(16)17-10-11-4-2-1-3-5-11/h1-5,12-13,15H,6-10H2. The molecule has 0 heterocycles. The molecule has 0 saturated heterocycles. The van der Waals surface area contributed by atoms with Crippen LogP contribution in [0.1, 0.15) is 31.2 Å². The second-order valence-corrected chi connectivity index (χ2v) is 4.68. The Balaban J connectivity index is 1.61. The van der Waals surface area contributed by atoms with Gasteiger partial charge >= 0.3 is 5.97 Å². The van der Waals surface area contributed by atoms with Crippen LogP contribution in [0.5, 0.6) is 0 Å². The number of aliphatic hydroxyl groups is 1. The molecule has 1 aromatic carbocycles. The molecular weight excluding hydrogens is 216 g/mol. The van der Waals surface area contributed by atoms with Gasteiger partial charge in [0.25, 0.3) is 0 Å². The summed E-state index contributed by atoms with van der Waals surface area (Å²) in [6.45, 7) is 0.354. The van der Waals surface area contributed by atoms with Crippen LogP contribution in [0.2, 0.25) is 0 Å². The second-order valence-electron chi connectivity index (χ2n) is 4.68. The van der Waals surface area contributed by atoms with Gasteiger partial charge in [-0.3, -0.25) is 4.79 Å². The van der Waals surface area contributed by atoms with E-state index in [4.69, 9.17) is 9.84 Å². The number of carbonyl (C=O) groups is 1. The maximum absolute atomic E-state index is 11.5. The zero-order valence-electron chi connectivity index (χ0n) is 9.84. The van der Waals surface area contributed by atoms with Crippen molar-refractivity contribution < 1.29 is 14.6 Å². The van der Waals surface area contributed by atoms with Crippen molar-refractivity contribution in [3.05, 3.63) is 35.9 Å². The van der Waals surface area contributed by atoms with Crippen molar-refractivity contribution >= 4 is 5.97 Å². The second kappa shape index (κ2) is 5.82. The summed E-state index contributed by atoms with van der Waals surface area (Å²) in [7, 11) is 0. The molecule has 3 nitrogen and oxygen atoms in total. The Morgan fingerprint density at radius 1 is 1.29 bits per heavy atom. The van der Waals surface area contributed by atoms with Gasteiger partial charge in [-0.15, -0.1) is 0 Å². The van der Waals surface area contributed by atoms with E-state index in [1.807, 2.05) is 30.3 Å². The first-order valence-electron chi connectivity index (χ1n) is 6.11. The first kappa shape index (κ1) is 12.1. The van der Waals surface area contributed by atoms with E-state index in [1.165, 1.54) is 0 Å². The van der Waals surface area contributed by atoms with Crippen molar-refractivity contribution in [1.82, 2.24) is 0 Å². The van der Waals surface area contributed by atoms with E-state index >= 15 is 0 Å². The summed E-state index contributed by atoms with van der Waals surface area (Å²) in [6.07, 6.45) is 2.84. The van der Waals surface area contributed by atoms with Gasteiger partial charge in [-0.2, -0.15) is 0 Å². The molecule has 1 aromatic rings. The highest BCUT2D eigenvalue weighted by molar-refractivity contribution is 5.69. The molecule has 0 amide bonds. The molecule has 0 spiro atoms. The van der Waals surface area contributed by atoms with Gasteiger partial charge in [0.05, 0.1) is 6.10 Å². The minimum atomic E-state index is -0.143. The van der Waals surface area contributed by atoms with Gasteiger partial charge in [0.1, 0.15) is 6.61 Å². The Hall–Kier alpha value is -1.35. The lowest BCUT2D eigenvalue weighted by Gasteiger charge is -2.30. The summed E-state index contributed by atoms with van der Waals surface area (Å²) < 4.78 is 5.17. The summed E-state index contributed by atoms with van der Waals surface area (Å²) >= 11 is 0. The van der Waals surface area contributed by atoms with Crippen LogP contribution in [-0.4, -0.2) is 17.2 Å². The monoisotopic (exact) mass is 234 g/mol. The molecule has 2 rings (SSSR count). The summed E-state index contributed by atoms with van der Waals surface area (Å²) in [5, 5.41) is 9.12. The van der Waals surface area contributed by atoms with E-state index in [2.05, 4.69) is 0 Å². The number of ether oxygens (including phenoxy) is 1. The number of aliphatic hydroxyl groups excluding tert-OH is 1. The number of rotatable bonds is 5. The molecule has 0 aromatic heterocycles. The fourth-order valence-electron chi connectivity index (χ4n) is 2.07. The van der Waals surface area contributed by atoms with Crippen molar-refractivity contribution in [3.63, 3.8) is 0 Å². The van der Waals surface area contributed by atoms with Gasteiger partial charge in [-0.05, 0) is 30.7 Å². The normalized spacial score (nSPS) is 22.9. The maximum Gasteiger partial charge on any atom is 0.306 e. The van der Waals surface area contributed by atoms with E-state index < -0.39 is 0 Å². The zero-order valence-corrected chi connectivity index (χ0v) is 9.84. The topological polar surface area (TPSA) is 46.5 Å². The SMILES string of the molecule is O=C(CCC1CC(O)C1)OCc1ccccc1. The van der Waals surface area contributed by atoms with Gasteiger partial charge < -0.3 is 9.84 Å². The van der Waals surface area contributed by atoms with Gasteiger partial charge in [-0.1, -0.05) is 30.3 Å². The summed E-state index contributed by atoms with van der Waals surface area (Å²) in [5.74, 6) is 0.365. The quantitative estimate of drug-likeness (QED) is 0.795. The third kappa shape index (κ3) is 3.86. The van der Waals surface area contributed by atoms with E-state index in [0.717, 1.165) is 24.8 Å². The molecule has 0 bridgehead atoms. The zero-order chi connectivity index (χ0) is 12.1. The van der Waals surface area contributed by atoms with E-state index in [0.29, 0.717) is 18.9 Å². The number of hydrogen-bond donors (Lipinski definition) is 1. The highest BCUT2D eigenvalue weighted by atomic mass is 16.5. The van der Waals surface area contributed by atoms with Crippen LogP contribution >= 0.6 is 0 Å². The lowest BCUT2D eigenvalue weighted by Crippen LogP contribution is -2.28. The molecule has 1 aliphatic carbocycles. The van der Waals surface area contributed by atoms with Gasteiger partial charge in [0, 0.05) is 6.42 Å². The Morgan fingerprint density at radius 2 is 2.00 bits per heavy atom. The van der Waals surface area contributed by atoms with E-state index in [9.17, 15) is 4.79 Å². The van der Waals surface area contributed by atoms with Crippen LogP contribution < -0.4 is 0 Å². The van der Waals surface area contributed by atoms with Crippen molar-refractivity contribution in [2.24, 2.45) is 5.92 Å². The van der Waals surface area contributed by atoms with E-state index in [-0.39, 0.29) is 12.1 Å². The molecule has 1 N–H and O–H groups in total. The molecule has 0 unspecified atom stereocenters. The largest absolute Gasteiger partial charge is 0.461 e. The lowest BCUT2D eigenvalue weighted by atomic mass is 9.79. The van der Waals surface area contributed by atoms with Crippen LogP contribution in [0.3, 0.4) is 0 Å². The Morgan fingerprint density at radius 3 is 2.65 bits per heavy atom. The molecule has 0 radical (unpaired) electrons. The minimum absolute atomic E-state index is 0.139. The fraction of sp³-hybridized carbons (Fsp3) is 0.500. The van der Waals surface area contributed by atoms with Crippen LogP contribution in [0, 0.1) is 5.92 Å². The molecular formula is C14H18O3.